The zero-order chi connectivity index (χ0) is 15.5. The third-order valence-electron chi connectivity index (χ3n) is 3.15. The molecule has 1 amide bonds. The maximum absolute atomic E-state index is 12.3. The highest BCUT2D eigenvalue weighted by atomic mass is 127. The molecule has 1 aromatic heterocycles. The number of aromatic nitrogens is 3. The van der Waals surface area contributed by atoms with Crippen LogP contribution in [0.15, 0.2) is 54.7 Å². The smallest absolute Gasteiger partial charge is 0.277 e. The van der Waals surface area contributed by atoms with E-state index in [0.29, 0.717) is 0 Å². The number of halogens is 1. The van der Waals surface area contributed by atoms with Crippen molar-refractivity contribution in [3.8, 4) is 5.69 Å². The third kappa shape index (κ3) is 3.16. The Balaban J connectivity index is 1.80. The Morgan fingerprint density at radius 2 is 1.95 bits per heavy atom. The molecule has 0 aliphatic heterocycles. The number of hydrogen-bond donors (Lipinski definition) is 1. The molecule has 6 heteroatoms. The van der Waals surface area contributed by atoms with Crippen molar-refractivity contribution in [1.29, 1.82) is 0 Å². The molecule has 0 saturated heterocycles. The molecular weight excluding hydrogens is 391 g/mol. The molecule has 22 heavy (non-hydrogen) atoms. The number of carbonyl (C=O) groups excluding carboxylic acids is 1. The molecule has 1 heterocycles. The normalized spacial score (nSPS) is 10.5. The molecule has 3 aromatic rings. The van der Waals surface area contributed by atoms with Crippen molar-refractivity contribution in [1.82, 2.24) is 15.0 Å². The summed E-state index contributed by atoms with van der Waals surface area (Å²) in [5.41, 5.74) is 2.88. The average molecular weight is 404 g/mol. The molecule has 2 aromatic carbocycles. The van der Waals surface area contributed by atoms with Gasteiger partial charge >= 0.3 is 0 Å². The number of rotatable bonds is 3. The van der Waals surface area contributed by atoms with Crippen molar-refractivity contribution in [3.05, 3.63) is 69.6 Å². The van der Waals surface area contributed by atoms with Gasteiger partial charge in [-0.1, -0.05) is 18.2 Å². The minimum Gasteiger partial charge on any atom is -0.320 e. The van der Waals surface area contributed by atoms with Gasteiger partial charge in [0.1, 0.15) is 0 Å². The van der Waals surface area contributed by atoms with Crippen LogP contribution in [0.2, 0.25) is 0 Å². The van der Waals surface area contributed by atoms with Crippen LogP contribution in [-0.4, -0.2) is 20.9 Å². The van der Waals surface area contributed by atoms with Crippen LogP contribution in [0.25, 0.3) is 5.69 Å². The zero-order valence-corrected chi connectivity index (χ0v) is 14.0. The van der Waals surface area contributed by atoms with Crippen LogP contribution in [0.4, 0.5) is 5.69 Å². The number of hydrogen-bond acceptors (Lipinski definition) is 3. The molecule has 3 rings (SSSR count). The second-order valence-corrected chi connectivity index (χ2v) is 6.01. The number of aryl methyl sites for hydroxylation is 1. The van der Waals surface area contributed by atoms with E-state index in [4.69, 9.17) is 0 Å². The number of anilines is 1. The fraction of sp³-hybridized carbons (Fsp3) is 0.0625. The maximum atomic E-state index is 12.3. The lowest BCUT2D eigenvalue weighted by Crippen LogP contribution is -2.14. The summed E-state index contributed by atoms with van der Waals surface area (Å²) < 4.78 is 1.13. The van der Waals surface area contributed by atoms with E-state index >= 15 is 0 Å². The van der Waals surface area contributed by atoms with Crippen molar-refractivity contribution >= 4 is 34.2 Å². The first kappa shape index (κ1) is 14.7. The largest absolute Gasteiger partial charge is 0.320 e. The number of amides is 1. The van der Waals surface area contributed by atoms with Crippen LogP contribution < -0.4 is 5.32 Å². The molecule has 0 bridgehead atoms. The number of nitrogens with one attached hydrogen (secondary N) is 1. The topological polar surface area (TPSA) is 59.8 Å². The molecule has 0 fully saturated rings. The van der Waals surface area contributed by atoms with Gasteiger partial charge in [0.2, 0.25) is 0 Å². The van der Waals surface area contributed by atoms with Crippen LogP contribution in [0.3, 0.4) is 0 Å². The standard InChI is InChI=1S/C16H13IN4O/c1-11-9-12(17)7-8-14(11)19-16(22)15-10-18-21(20-15)13-5-3-2-4-6-13/h2-10H,1H3,(H,19,22). The predicted molar refractivity (Wildman–Crippen MR) is 93.2 cm³/mol. The Morgan fingerprint density at radius 3 is 2.68 bits per heavy atom. The number of carbonyl (C=O) groups is 1. The Morgan fingerprint density at radius 1 is 1.18 bits per heavy atom. The first-order chi connectivity index (χ1) is 10.6. The van der Waals surface area contributed by atoms with E-state index in [9.17, 15) is 4.79 Å². The van der Waals surface area contributed by atoms with Gasteiger partial charge in [-0.2, -0.15) is 9.90 Å². The maximum Gasteiger partial charge on any atom is 0.277 e. The fourth-order valence-electron chi connectivity index (χ4n) is 2.01. The second kappa shape index (κ2) is 6.27. The molecule has 0 saturated carbocycles. The highest BCUT2D eigenvalue weighted by Gasteiger charge is 2.12. The summed E-state index contributed by atoms with van der Waals surface area (Å²) in [5.74, 6) is -0.272. The summed E-state index contributed by atoms with van der Waals surface area (Å²) in [4.78, 5) is 13.7. The van der Waals surface area contributed by atoms with Crippen molar-refractivity contribution in [2.45, 2.75) is 6.92 Å². The predicted octanol–water partition coefficient (Wildman–Crippen LogP) is 3.43. The summed E-state index contributed by atoms with van der Waals surface area (Å²) in [6, 6.07) is 15.3. The Kier molecular flexibility index (Phi) is 4.19. The molecule has 0 aliphatic rings. The van der Waals surface area contributed by atoms with E-state index in [1.807, 2.05) is 55.5 Å². The van der Waals surface area contributed by atoms with Gasteiger partial charge in [0.05, 0.1) is 11.9 Å². The van der Waals surface area contributed by atoms with E-state index in [1.165, 1.54) is 11.0 Å². The van der Waals surface area contributed by atoms with Gasteiger partial charge in [-0.15, -0.1) is 5.10 Å². The van der Waals surface area contributed by atoms with E-state index < -0.39 is 0 Å². The quantitative estimate of drug-likeness (QED) is 0.681. The van der Waals surface area contributed by atoms with Crippen LogP contribution >= 0.6 is 22.6 Å². The van der Waals surface area contributed by atoms with Gasteiger partial charge in [-0.3, -0.25) is 4.79 Å². The Bertz CT molecular complexity index is 814. The van der Waals surface area contributed by atoms with Crippen molar-refractivity contribution < 1.29 is 4.79 Å². The Hall–Kier alpha value is -2.22. The average Bonchev–Trinajstić information content (AvgIpc) is 3.01. The minimum atomic E-state index is -0.272. The third-order valence-corrected chi connectivity index (χ3v) is 3.82. The van der Waals surface area contributed by atoms with Gasteiger partial charge in [0.15, 0.2) is 5.69 Å². The molecule has 0 unspecified atom stereocenters. The van der Waals surface area contributed by atoms with Gasteiger partial charge in [-0.05, 0) is 65.4 Å². The Labute approximate surface area is 141 Å². The van der Waals surface area contributed by atoms with Gasteiger partial charge < -0.3 is 5.32 Å². The van der Waals surface area contributed by atoms with Crippen LogP contribution in [-0.2, 0) is 0 Å². The van der Waals surface area contributed by atoms with E-state index in [0.717, 1.165) is 20.5 Å². The first-order valence-electron chi connectivity index (χ1n) is 6.69. The molecule has 0 aliphatic carbocycles. The van der Waals surface area contributed by atoms with Gasteiger partial charge in [-0.25, -0.2) is 0 Å². The molecule has 5 nitrogen and oxygen atoms in total. The monoisotopic (exact) mass is 404 g/mol. The number of benzene rings is 2. The van der Waals surface area contributed by atoms with Crippen molar-refractivity contribution in [2.75, 3.05) is 5.32 Å². The number of para-hydroxylation sites is 1. The fourth-order valence-corrected chi connectivity index (χ4v) is 2.65. The van der Waals surface area contributed by atoms with Crippen molar-refractivity contribution in [3.63, 3.8) is 0 Å². The summed E-state index contributed by atoms with van der Waals surface area (Å²) in [7, 11) is 0. The summed E-state index contributed by atoms with van der Waals surface area (Å²) >= 11 is 2.24. The lowest BCUT2D eigenvalue weighted by molar-refractivity contribution is 0.102. The molecule has 0 spiro atoms. The van der Waals surface area contributed by atoms with Crippen molar-refractivity contribution in [2.24, 2.45) is 0 Å². The van der Waals surface area contributed by atoms with Gasteiger partial charge in [0, 0.05) is 9.26 Å². The lowest BCUT2D eigenvalue weighted by atomic mass is 10.2. The van der Waals surface area contributed by atoms with Crippen LogP contribution in [0.1, 0.15) is 16.1 Å². The lowest BCUT2D eigenvalue weighted by Gasteiger charge is -2.07. The van der Waals surface area contributed by atoms with Gasteiger partial charge in [0.25, 0.3) is 5.91 Å². The summed E-state index contributed by atoms with van der Waals surface area (Å²) in [5, 5.41) is 11.2. The summed E-state index contributed by atoms with van der Waals surface area (Å²) in [6.45, 7) is 1.96. The highest BCUT2D eigenvalue weighted by Crippen LogP contribution is 2.18. The zero-order valence-electron chi connectivity index (χ0n) is 11.8. The second-order valence-electron chi connectivity index (χ2n) is 4.77. The number of nitrogens with zero attached hydrogens (tertiary/aromatic N) is 3. The molecule has 0 atom stereocenters. The van der Waals surface area contributed by atoms with Crippen LogP contribution in [0, 0.1) is 10.5 Å². The SMILES string of the molecule is Cc1cc(I)ccc1NC(=O)c1cnn(-c2ccccc2)n1. The highest BCUT2D eigenvalue weighted by molar-refractivity contribution is 14.1. The van der Waals surface area contributed by atoms with E-state index in [1.54, 1.807) is 0 Å². The molecule has 1 N–H and O–H groups in total. The summed E-state index contributed by atoms with van der Waals surface area (Å²) in [6.07, 6.45) is 1.46. The van der Waals surface area contributed by atoms with E-state index in [-0.39, 0.29) is 11.6 Å². The molecule has 110 valence electrons. The molecular formula is C16H13IN4O. The molecule has 0 radical (unpaired) electrons. The minimum absolute atomic E-state index is 0.272. The van der Waals surface area contributed by atoms with Crippen LogP contribution in [0.5, 0.6) is 0 Å². The van der Waals surface area contributed by atoms with E-state index in [2.05, 4.69) is 38.1 Å². The first-order valence-corrected chi connectivity index (χ1v) is 7.76.